The Kier molecular flexibility index (Phi) is 7.69. The fourth-order valence-corrected chi connectivity index (χ4v) is 4.42. The number of nitrogens with one attached hydrogen (secondary N) is 1. The number of benzene rings is 2. The Balaban J connectivity index is 1.64. The molecular weight excluding hydrogens is 464 g/mol. The molecule has 0 spiro atoms. The summed E-state index contributed by atoms with van der Waals surface area (Å²) < 4.78 is 33.5. The van der Waals surface area contributed by atoms with Crippen LogP contribution in [0.15, 0.2) is 52.7 Å². The zero-order chi connectivity index (χ0) is 24.2. The van der Waals surface area contributed by atoms with Crippen molar-refractivity contribution < 1.29 is 22.7 Å². The van der Waals surface area contributed by atoms with E-state index < -0.39 is 10.0 Å². The minimum absolute atomic E-state index is 0.0481. The number of ether oxygens (including phenoxy) is 2. The molecule has 2 aromatic carbocycles. The Morgan fingerprint density at radius 2 is 1.88 bits per heavy atom. The third-order valence-corrected chi connectivity index (χ3v) is 6.87. The van der Waals surface area contributed by atoms with Crippen molar-refractivity contribution in [2.75, 3.05) is 33.1 Å². The predicted molar refractivity (Wildman–Crippen MR) is 128 cm³/mol. The van der Waals surface area contributed by atoms with Gasteiger partial charge in [0, 0.05) is 23.1 Å². The van der Waals surface area contributed by atoms with Gasteiger partial charge in [0.1, 0.15) is 11.5 Å². The van der Waals surface area contributed by atoms with Crippen molar-refractivity contribution >= 4 is 32.4 Å². The first kappa shape index (κ1) is 24.6. The summed E-state index contributed by atoms with van der Waals surface area (Å²) in [7, 11) is 1.23. The van der Waals surface area contributed by atoms with Gasteiger partial charge in [-0.3, -0.25) is 9.69 Å². The van der Waals surface area contributed by atoms with Gasteiger partial charge >= 0.3 is 0 Å². The first-order chi connectivity index (χ1) is 15.6. The number of hydrogen-bond donors (Lipinski definition) is 2. The summed E-state index contributed by atoms with van der Waals surface area (Å²) in [6.07, 6.45) is 0. The van der Waals surface area contributed by atoms with Gasteiger partial charge in [-0.2, -0.15) is 0 Å². The van der Waals surface area contributed by atoms with Gasteiger partial charge in [0.05, 0.1) is 31.4 Å². The van der Waals surface area contributed by atoms with Crippen molar-refractivity contribution in [3.63, 3.8) is 0 Å². The molecule has 1 amide bonds. The number of rotatable bonds is 9. The monoisotopic (exact) mass is 490 g/mol. The number of carbonyl (C=O) groups is 1. The maximum Gasteiger partial charge on any atom is 0.240 e. The van der Waals surface area contributed by atoms with E-state index in [4.69, 9.17) is 14.6 Å². The molecule has 0 radical (unpaired) electrons. The number of anilines is 1. The lowest BCUT2D eigenvalue weighted by molar-refractivity contribution is -0.117. The summed E-state index contributed by atoms with van der Waals surface area (Å²) in [5.74, 6) is 1.09. The highest BCUT2D eigenvalue weighted by Gasteiger charge is 2.18. The number of likely N-dealkylation sites (N-methyl/N-ethyl adjacent to an activating group) is 1. The quantitative estimate of drug-likeness (QED) is 0.472. The first-order valence-electron chi connectivity index (χ1n) is 9.93. The maximum atomic E-state index is 12.6. The fourth-order valence-electron chi connectivity index (χ4n) is 3.18. The first-order valence-corrected chi connectivity index (χ1v) is 12.4. The number of methoxy groups -OCH3 is 2. The molecule has 0 aliphatic carbocycles. The lowest BCUT2D eigenvalue weighted by Crippen LogP contribution is -2.32. The Labute approximate surface area is 197 Å². The molecule has 3 rings (SSSR count). The number of hydrogen-bond acceptors (Lipinski definition) is 8. The molecule has 0 fully saturated rings. The normalized spacial score (nSPS) is 12.4. The van der Waals surface area contributed by atoms with E-state index in [1.807, 2.05) is 36.4 Å². The highest BCUT2D eigenvalue weighted by molar-refractivity contribution is 7.89. The molecule has 1 unspecified atom stereocenters. The minimum Gasteiger partial charge on any atom is -0.497 e. The van der Waals surface area contributed by atoms with E-state index >= 15 is 0 Å². The average molecular weight is 491 g/mol. The van der Waals surface area contributed by atoms with E-state index in [2.05, 4.69) is 10.3 Å². The molecule has 33 heavy (non-hydrogen) atoms. The molecule has 176 valence electrons. The van der Waals surface area contributed by atoms with Crippen LogP contribution in [0.4, 0.5) is 5.13 Å². The van der Waals surface area contributed by atoms with Crippen LogP contribution in [0.1, 0.15) is 18.5 Å². The predicted octanol–water partition coefficient (Wildman–Crippen LogP) is 3.11. The van der Waals surface area contributed by atoms with Crippen molar-refractivity contribution in [3.8, 4) is 22.8 Å². The molecule has 0 saturated heterocycles. The summed E-state index contributed by atoms with van der Waals surface area (Å²) >= 11 is 1.32. The van der Waals surface area contributed by atoms with Gasteiger partial charge in [-0.1, -0.05) is 12.1 Å². The van der Waals surface area contributed by atoms with Gasteiger partial charge in [-0.05, 0) is 43.8 Å². The van der Waals surface area contributed by atoms with E-state index in [-0.39, 0.29) is 23.4 Å². The summed E-state index contributed by atoms with van der Waals surface area (Å²) in [5, 5.41) is 10.3. The molecule has 1 atom stereocenters. The van der Waals surface area contributed by atoms with Crippen LogP contribution in [0.3, 0.4) is 0 Å². The number of primary sulfonamides is 1. The van der Waals surface area contributed by atoms with E-state index in [0.717, 1.165) is 11.1 Å². The van der Waals surface area contributed by atoms with Gasteiger partial charge in [0.15, 0.2) is 5.13 Å². The highest BCUT2D eigenvalue weighted by Crippen LogP contribution is 2.34. The number of carbonyl (C=O) groups excluding carboxylic acids is 1. The molecule has 9 nitrogen and oxygen atoms in total. The molecule has 0 saturated carbocycles. The summed E-state index contributed by atoms with van der Waals surface area (Å²) in [6.45, 7) is 2.05. The molecule has 3 aromatic rings. The number of nitrogens with zero attached hydrogens (tertiary/aromatic N) is 2. The largest absolute Gasteiger partial charge is 0.497 e. The van der Waals surface area contributed by atoms with Crippen LogP contribution in [0.2, 0.25) is 0 Å². The van der Waals surface area contributed by atoms with Crippen LogP contribution in [0.25, 0.3) is 11.3 Å². The summed E-state index contributed by atoms with van der Waals surface area (Å²) in [5.41, 5.74) is 2.34. The molecule has 0 aliphatic heterocycles. The summed E-state index contributed by atoms with van der Waals surface area (Å²) in [4.78, 5) is 19.0. The molecule has 11 heteroatoms. The molecule has 1 heterocycles. The van der Waals surface area contributed by atoms with Crippen LogP contribution >= 0.6 is 11.3 Å². The van der Waals surface area contributed by atoms with Crippen molar-refractivity contribution in [2.24, 2.45) is 5.14 Å². The molecule has 1 aromatic heterocycles. The summed E-state index contributed by atoms with van der Waals surface area (Å²) in [6, 6.07) is 11.6. The van der Waals surface area contributed by atoms with Gasteiger partial charge < -0.3 is 14.8 Å². The van der Waals surface area contributed by atoms with Crippen LogP contribution < -0.4 is 19.9 Å². The van der Waals surface area contributed by atoms with Crippen LogP contribution in [-0.2, 0) is 14.8 Å². The standard InChI is InChI=1S/C22H26N4O5S2/c1-14(15-5-8-17(9-6-15)33(23,28)29)26(2)12-21(27)25-22-24-19(13-32-22)18-10-7-16(30-3)11-20(18)31-4/h5-11,13-14H,12H2,1-4H3,(H2,23,28,29)(H,24,25,27). The van der Waals surface area contributed by atoms with Crippen LogP contribution in [0, 0.1) is 0 Å². The number of amides is 1. The number of nitrogens with two attached hydrogens (primary N) is 1. The van der Waals surface area contributed by atoms with Crippen molar-refractivity contribution in [2.45, 2.75) is 17.9 Å². The zero-order valence-electron chi connectivity index (χ0n) is 18.7. The lowest BCUT2D eigenvalue weighted by Gasteiger charge is -2.24. The second kappa shape index (κ2) is 10.3. The van der Waals surface area contributed by atoms with Crippen LogP contribution in [-0.4, -0.2) is 52.0 Å². The van der Waals surface area contributed by atoms with E-state index in [1.54, 1.807) is 32.4 Å². The Bertz CT molecular complexity index is 1230. The van der Waals surface area contributed by atoms with Gasteiger partial charge in [-0.15, -0.1) is 11.3 Å². The van der Waals surface area contributed by atoms with Gasteiger partial charge in [0.2, 0.25) is 15.9 Å². The van der Waals surface area contributed by atoms with Crippen LogP contribution in [0.5, 0.6) is 11.5 Å². The molecule has 0 aliphatic rings. The number of sulfonamides is 1. The Morgan fingerprint density at radius 3 is 2.48 bits per heavy atom. The maximum absolute atomic E-state index is 12.6. The smallest absolute Gasteiger partial charge is 0.240 e. The Morgan fingerprint density at radius 1 is 1.18 bits per heavy atom. The van der Waals surface area contributed by atoms with E-state index in [0.29, 0.717) is 22.3 Å². The fraction of sp³-hybridized carbons (Fsp3) is 0.273. The SMILES string of the molecule is COc1ccc(-c2csc(NC(=O)CN(C)C(C)c3ccc(S(N)(=O)=O)cc3)n2)c(OC)c1. The molecular formula is C22H26N4O5S2. The van der Waals surface area contributed by atoms with E-state index in [1.165, 1.54) is 23.5 Å². The Hall–Kier alpha value is -2.99. The third kappa shape index (κ3) is 6.08. The van der Waals surface area contributed by atoms with Gasteiger partial charge in [0.25, 0.3) is 0 Å². The number of thiazole rings is 1. The van der Waals surface area contributed by atoms with Crippen molar-refractivity contribution in [1.29, 1.82) is 0 Å². The topological polar surface area (TPSA) is 124 Å². The minimum atomic E-state index is -3.74. The second-order valence-electron chi connectivity index (χ2n) is 7.36. The second-order valence-corrected chi connectivity index (χ2v) is 9.78. The third-order valence-electron chi connectivity index (χ3n) is 5.18. The van der Waals surface area contributed by atoms with Crippen molar-refractivity contribution in [3.05, 3.63) is 53.4 Å². The highest BCUT2D eigenvalue weighted by atomic mass is 32.2. The molecule has 3 N–H and O–H groups in total. The van der Waals surface area contributed by atoms with Crippen molar-refractivity contribution in [1.82, 2.24) is 9.88 Å². The number of aromatic nitrogens is 1. The lowest BCUT2D eigenvalue weighted by atomic mass is 10.1. The zero-order valence-corrected chi connectivity index (χ0v) is 20.4. The average Bonchev–Trinajstić information content (AvgIpc) is 3.25. The molecule has 0 bridgehead atoms. The van der Waals surface area contributed by atoms with Gasteiger partial charge in [-0.25, -0.2) is 18.5 Å². The van der Waals surface area contributed by atoms with E-state index in [9.17, 15) is 13.2 Å².